The Morgan fingerprint density at radius 3 is 2.35 bits per heavy atom. The number of halogens is 2. The maximum atomic E-state index is 11.5. The van der Waals surface area contributed by atoms with Gasteiger partial charge in [0.15, 0.2) is 0 Å². The van der Waals surface area contributed by atoms with Crippen LogP contribution in [0.2, 0.25) is 0 Å². The van der Waals surface area contributed by atoms with E-state index in [1.165, 1.54) is 0 Å². The van der Waals surface area contributed by atoms with Crippen molar-refractivity contribution in [2.45, 2.75) is 31.0 Å². The molecule has 2 saturated carbocycles. The van der Waals surface area contributed by atoms with E-state index in [-0.39, 0.29) is 17.1 Å². The van der Waals surface area contributed by atoms with Crippen LogP contribution in [0.4, 0.5) is 0 Å². The summed E-state index contributed by atoms with van der Waals surface area (Å²) in [4.78, 5) is 0. The standard InChI is InChI=1S/C11H17Cl2NO2S/c1-7-10(6-17(14,15)16)5-4-8(9(10,2)3)11(7,12)13/h8H,1,4-6H2,2-3H3,(H2,14,15,16). The highest BCUT2D eigenvalue weighted by molar-refractivity contribution is 7.89. The zero-order valence-corrected chi connectivity index (χ0v) is 12.3. The van der Waals surface area contributed by atoms with E-state index in [2.05, 4.69) is 6.58 Å². The zero-order valence-electron chi connectivity index (χ0n) is 9.96. The van der Waals surface area contributed by atoms with Gasteiger partial charge in [0.25, 0.3) is 0 Å². The van der Waals surface area contributed by atoms with Gasteiger partial charge in [-0.3, -0.25) is 0 Å². The average Bonchev–Trinajstić information content (AvgIpc) is 2.38. The third-order valence-corrected chi connectivity index (χ3v) is 6.71. The van der Waals surface area contributed by atoms with E-state index in [1.54, 1.807) is 0 Å². The van der Waals surface area contributed by atoms with E-state index in [9.17, 15) is 8.42 Å². The fourth-order valence-corrected chi connectivity index (χ4v) is 6.30. The molecule has 0 amide bonds. The second-order valence-electron chi connectivity index (χ2n) is 5.80. The van der Waals surface area contributed by atoms with E-state index in [0.717, 1.165) is 12.8 Å². The molecule has 2 fully saturated rings. The Morgan fingerprint density at radius 2 is 2.00 bits per heavy atom. The summed E-state index contributed by atoms with van der Waals surface area (Å²) in [7, 11) is -3.58. The molecule has 6 heteroatoms. The summed E-state index contributed by atoms with van der Waals surface area (Å²) < 4.78 is 21.9. The van der Waals surface area contributed by atoms with Gasteiger partial charge in [0.1, 0.15) is 4.33 Å². The molecule has 0 spiro atoms. The van der Waals surface area contributed by atoms with E-state index >= 15 is 0 Å². The third kappa shape index (κ3) is 1.61. The molecule has 0 aromatic rings. The minimum absolute atomic E-state index is 0.0348. The number of allylic oxidation sites excluding steroid dienone is 1. The van der Waals surface area contributed by atoms with Gasteiger partial charge in [-0.2, -0.15) is 0 Å². The zero-order chi connectivity index (χ0) is 13.3. The van der Waals surface area contributed by atoms with Gasteiger partial charge in [-0.1, -0.05) is 43.6 Å². The number of nitrogens with two attached hydrogens (primary N) is 1. The third-order valence-electron chi connectivity index (χ3n) is 4.83. The van der Waals surface area contributed by atoms with Crippen molar-refractivity contribution < 1.29 is 8.42 Å². The van der Waals surface area contributed by atoms with E-state index in [4.69, 9.17) is 28.3 Å². The quantitative estimate of drug-likeness (QED) is 0.629. The minimum Gasteiger partial charge on any atom is -0.229 e. The van der Waals surface area contributed by atoms with Gasteiger partial charge in [-0.15, -0.1) is 0 Å². The smallest absolute Gasteiger partial charge is 0.209 e. The highest BCUT2D eigenvalue weighted by Gasteiger charge is 2.71. The van der Waals surface area contributed by atoms with Crippen LogP contribution in [-0.2, 0) is 10.0 Å². The van der Waals surface area contributed by atoms with Crippen LogP contribution < -0.4 is 5.14 Å². The van der Waals surface area contributed by atoms with Crippen molar-refractivity contribution in [3.05, 3.63) is 12.2 Å². The molecule has 0 aromatic heterocycles. The van der Waals surface area contributed by atoms with Gasteiger partial charge in [0, 0.05) is 11.3 Å². The lowest BCUT2D eigenvalue weighted by Crippen LogP contribution is -2.40. The predicted molar refractivity (Wildman–Crippen MR) is 70.5 cm³/mol. The molecule has 2 unspecified atom stereocenters. The lowest BCUT2D eigenvalue weighted by Gasteiger charge is -2.38. The molecule has 2 aliphatic carbocycles. The summed E-state index contributed by atoms with van der Waals surface area (Å²) in [5.74, 6) is -0.0867. The van der Waals surface area contributed by atoms with Gasteiger partial charge in [0.2, 0.25) is 10.0 Å². The molecule has 2 aliphatic rings. The Morgan fingerprint density at radius 1 is 1.47 bits per heavy atom. The van der Waals surface area contributed by atoms with Crippen LogP contribution in [0.3, 0.4) is 0 Å². The molecule has 2 atom stereocenters. The lowest BCUT2D eigenvalue weighted by atomic mass is 9.69. The highest BCUT2D eigenvalue weighted by atomic mass is 35.5. The first-order chi connectivity index (χ1) is 7.45. The Bertz CT molecular complexity index is 484. The number of fused-ring (bicyclic) bond motifs is 2. The molecule has 17 heavy (non-hydrogen) atoms. The van der Waals surface area contributed by atoms with Crippen LogP contribution in [-0.4, -0.2) is 18.5 Å². The van der Waals surface area contributed by atoms with Crippen LogP contribution in [0.15, 0.2) is 12.2 Å². The largest absolute Gasteiger partial charge is 0.229 e. The molecule has 2 bridgehead atoms. The second kappa shape index (κ2) is 3.41. The van der Waals surface area contributed by atoms with Crippen LogP contribution >= 0.6 is 23.2 Å². The Labute approximate surface area is 112 Å². The van der Waals surface area contributed by atoms with Gasteiger partial charge < -0.3 is 0 Å². The monoisotopic (exact) mass is 297 g/mol. The summed E-state index contributed by atoms with van der Waals surface area (Å²) in [5.41, 5.74) is -0.266. The van der Waals surface area contributed by atoms with Crippen LogP contribution in [0.5, 0.6) is 0 Å². The summed E-state index contributed by atoms with van der Waals surface area (Å²) in [6.45, 7) is 7.97. The van der Waals surface area contributed by atoms with E-state index < -0.39 is 19.8 Å². The summed E-state index contributed by atoms with van der Waals surface area (Å²) in [5, 5.41) is 5.21. The molecular weight excluding hydrogens is 281 g/mol. The van der Waals surface area contributed by atoms with Gasteiger partial charge in [-0.25, -0.2) is 13.6 Å². The maximum Gasteiger partial charge on any atom is 0.209 e. The minimum atomic E-state index is -3.58. The van der Waals surface area contributed by atoms with Crippen molar-refractivity contribution in [3.8, 4) is 0 Å². The van der Waals surface area contributed by atoms with Crippen LogP contribution in [0.1, 0.15) is 26.7 Å². The Balaban J connectivity index is 2.57. The fraction of sp³-hybridized carbons (Fsp3) is 0.818. The highest BCUT2D eigenvalue weighted by Crippen LogP contribution is 2.74. The molecule has 2 rings (SSSR count). The summed E-state index contributed by atoms with van der Waals surface area (Å²) in [6, 6.07) is 0. The molecule has 0 aliphatic heterocycles. The SMILES string of the molecule is C=C1C(Cl)(Cl)C2CCC1(CS(N)(=O)=O)C2(C)C. The fourth-order valence-electron chi connectivity index (χ4n) is 3.80. The van der Waals surface area contributed by atoms with Crippen LogP contribution in [0.25, 0.3) is 0 Å². The molecule has 98 valence electrons. The first kappa shape index (κ1) is 13.7. The van der Waals surface area contributed by atoms with Crippen molar-refractivity contribution in [3.63, 3.8) is 0 Å². The predicted octanol–water partition coefficient (Wildman–Crippen LogP) is 2.44. The number of hydrogen-bond acceptors (Lipinski definition) is 2. The van der Waals surface area contributed by atoms with Crippen molar-refractivity contribution in [1.82, 2.24) is 0 Å². The summed E-state index contributed by atoms with van der Waals surface area (Å²) >= 11 is 12.7. The normalized spacial score (nSPS) is 38.6. The van der Waals surface area contributed by atoms with E-state index in [0.29, 0.717) is 5.57 Å². The second-order valence-corrected chi connectivity index (χ2v) is 8.80. The summed E-state index contributed by atoms with van der Waals surface area (Å²) in [6.07, 6.45) is 1.55. The van der Waals surface area contributed by atoms with Gasteiger partial charge in [-0.05, 0) is 23.8 Å². The lowest BCUT2D eigenvalue weighted by molar-refractivity contribution is 0.181. The Hall–Kier alpha value is 0.230. The van der Waals surface area contributed by atoms with Gasteiger partial charge in [0.05, 0.1) is 5.75 Å². The molecule has 3 nitrogen and oxygen atoms in total. The van der Waals surface area contributed by atoms with Crippen LogP contribution in [0, 0.1) is 16.7 Å². The number of rotatable bonds is 2. The number of hydrogen-bond donors (Lipinski definition) is 1. The first-order valence-corrected chi connectivity index (χ1v) is 8.00. The number of sulfonamides is 1. The maximum absolute atomic E-state index is 11.5. The molecule has 0 radical (unpaired) electrons. The first-order valence-electron chi connectivity index (χ1n) is 5.53. The number of primary sulfonamides is 1. The molecule has 0 saturated heterocycles. The molecule has 0 heterocycles. The topological polar surface area (TPSA) is 60.2 Å². The van der Waals surface area contributed by atoms with Crippen molar-refractivity contribution in [2.24, 2.45) is 21.9 Å². The van der Waals surface area contributed by atoms with Crippen molar-refractivity contribution in [2.75, 3.05) is 5.75 Å². The van der Waals surface area contributed by atoms with Crippen molar-refractivity contribution in [1.29, 1.82) is 0 Å². The average molecular weight is 298 g/mol. The van der Waals surface area contributed by atoms with Gasteiger partial charge >= 0.3 is 0 Å². The Kier molecular flexibility index (Phi) is 2.74. The molecular formula is C11H17Cl2NO2S. The molecule has 2 N–H and O–H groups in total. The van der Waals surface area contributed by atoms with E-state index in [1.807, 2.05) is 13.8 Å². The number of alkyl halides is 2. The molecule has 0 aromatic carbocycles. The van der Waals surface area contributed by atoms with Crippen molar-refractivity contribution >= 4 is 33.2 Å².